The fourth-order valence-corrected chi connectivity index (χ4v) is 3.26. The summed E-state index contributed by atoms with van der Waals surface area (Å²) in [6.45, 7) is 0. The lowest BCUT2D eigenvalue weighted by Crippen LogP contribution is -2.13. The van der Waals surface area contributed by atoms with Crippen molar-refractivity contribution in [3.8, 4) is 0 Å². The van der Waals surface area contributed by atoms with E-state index in [9.17, 15) is 9.90 Å². The zero-order valence-corrected chi connectivity index (χ0v) is 10.3. The number of thioether (sulfide) groups is 1. The Bertz CT molecular complexity index is 382. The first kappa shape index (κ1) is 12.5. The molecule has 2 rings (SSSR count). The Morgan fingerprint density at radius 2 is 2.18 bits per heavy atom. The van der Waals surface area contributed by atoms with Crippen LogP contribution in [0.4, 0.5) is 0 Å². The van der Waals surface area contributed by atoms with Crippen LogP contribution in [0.15, 0.2) is 16.5 Å². The second kappa shape index (κ2) is 5.60. The molecule has 2 heterocycles. The van der Waals surface area contributed by atoms with Gasteiger partial charge < -0.3 is 14.6 Å². The molecule has 0 aliphatic carbocycles. The van der Waals surface area contributed by atoms with Gasteiger partial charge in [-0.2, -0.15) is 11.8 Å². The number of aliphatic hydroxyl groups is 1. The van der Waals surface area contributed by atoms with Crippen molar-refractivity contribution in [3.63, 3.8) is 0 Å². The first-order chi connectivity index (χ1) is 8.16. The molecule has 0 aromatic carbocycles. The van der Waals surface area contributed by atoms with E-state index < -0.39 is 12.1 Å². The van der Waals surface area contributed by atoms with E-state index in [2.05, 4.69) is 0 Å². The molecule has 0 bridgehead atoms. The molecule has 0 saturated carbocycles. The van der Waals surface area contributed by atoms with Crippen molar-refractivity contribution in [2.75, 3.05) is 11.5 Å². The number of hydrogen-bond donors (Lipinski definition) is 2. The Morgan fingerprint density at radius 1 is 1.47 bits per heavy atom. The standard InChI is InChI=1S/C12H16O4S/c13-9(7-8-3-5-17-6-4-8)10-1-2-11(16-10)12(14)15/h1-2,8-9,13H,3-7H2,(H,14,15). The van der Waals surface area contributed by atoms with Gasteiger partial charge in [0.25, 0.3) is 0 Å². The molecule has 2 N–H and O–H groups in total. The van der Waals surface area contributed by atoms with Crippen LogP contribution in [0, 0.1) is 5.92 Å². The van der Waals surface area contributed by atoms with E-state index in [0.717, 1.165) is 24.3 Å². The van der Waals surface area contributed by atoms with E-state index >= 15 is 0 Å². The van der Waals surface area contributed by atoms with E-state index in [0.29, 0.717) is 18.1 Å². The van der Waals surface area contributed by atoms with Gasteiger partial charge in [0.2, 0.25) is 5.76 Å². The van der Waals surface area contributed by atoms with Crippen LogP contribution in [-0.4, -0.2) is 27.7 Å². The number of rotatable bonds is 4. The Balaban J connectivity index is 1.93. The zero-order chi connectivity index (χ0) is 12.3. The minimum Gasteiger partial charge on any atom is -0.475 e. The van der Waals surface area contributed by atoms with Gasteiger partial charge in [-0.25, -0.2) is 4.79 Å². The maximum absolute atomic E-state index is 10.6. The molecule has 1 aliphatic heterocycles. The molecule has 5 heteroatoms. The van der Waals surface area contributed by atoms with Gasteiger partial charge in [0.15, 0.2) is 0 Å². The molecule has 0 amide bonds. The van der Waals surface area contributed by atoms with Crippen molar-refractivity contribution in [1.29, 1.82) is 0 Å². The van der Waals surface area contributed by atoms with Gasteiger partial charge in [0.05, 0.1) is 0 Å². The molecule has 0 radical (unpaired) electrons. The summed E-state index contributed by atoms with van der Waals surface area (Å²) in [6, 6.07) is 2.93. The van der Waals surface area contributed by atoms with Crippen LogP contribution < -0.4 is 0 Å². The average molecular weight is 256 g/mol. The van der Waals surface area contributed by atoms with E-state index in [4.69, 9.17) is 9.52 Å². The highest BCUT2D eigenvalue weighted by Crippen LogP contribution is 2.31. The number of hydrogen-bond acceptors (Lipinski definition) is 4. The third-order valence-corrected chi connectivity index (χ3v) is 4.11. The van der Waals surface area contributed by atoms with Crippen molar-refractivity contribution >= 4 is 17.7 Å². The van der Waals surface area contributed by atoms with E-state index in [1.165, 1.54) is 6.07 Å². The molecule has 4 nitrogen and oxygen atoms in total. The molecular weight excluding hydrogens is 240 g/mol. The topological polar surface area (TPSA) is 70.7 Å². The highest BCUT2D eigenvalue weighted by atomic mass is 32.2. The average Bonchev–Trinajstić information content (AvgIpc) is 2.79. The second-order valence-electron chi connectivity index (χ2n) is 4.31. The lowest BCUT2D eigenvalue weighted by atomic mass is 9.95. The molecule has 94 valence electrons. The van der Waals surface area contributed by atoms with Crippen LogP contribution in [0.3, 0.4) is 0 Å². The second-order valence-corrected chi connectivity index (χ2v) is 5.54. The fraction of sp³-hybridized carbons (Fsp3) is 0.583. The van der Waals surface area contributed by atoms with E-state index in [-0.39, 0.29) is 5.76 Å². The zero-order valence-electron chi connectivity index (χ0n) is 9.46. The summed E-state index contributed by atoms with van der Waals surface area (Å²) in [5.41, 5.74) is 0. The lowest BCUT2D eigenvalue weighted by molar-refractivity contribution is 0.0645. The number of aromatic carboxylic acids is 1. The van der Waals surface area contributed by atoms with Crippen molar-refractivity contribution in [1.82, 2.24) is 0 Å². The highest BCUT2D eigenvalue weighted by Gasteiger charge is 2.21. The van der Waals surface area contributed by atoms with Crippen LogP contribution in [0.1, 0.15) is 41.7 Å². The third-order valence-electron chi connectivity index (χ3n) is 3.06. The maximum atomic E-state index is 10.6. The van der Waals surface area contributed by atoms with Crippen LogP contribution >= 0.6 is 11.8 Å². The molecule has 1 unspecified atom stereocenters. The Kier molecular flexibility index (Phi) is 4.12. The number of carbonyl (C=O) groups is 1. The Morgan fingerprint density at radius 3 is 2.76 bits per heavy atom. The molecule has 1 saturated heterocycles. The lowest BCUT2D eigenvalue weighted by Gasteiger charge is -2.22. The first-order valence-electron chi connectivity index (χ1n) is 5.75. The SMILES string of the molecule is O=C(O)c1ccc(C(O)CC2CCSCC2)o1. The molecule has 17 heavy (non-hydrogen) atoms. The van der Waals surface area contributed by atoms with Gasteiger partial charge >= 0.3 is 5.97 Å². The number of carboxylic acid groups (broad SMARTS) is 1. The summed E-state index contributed by atoms with van der Waals surface area (Å²) >= 11 is 1.95. The largest absolute Gasteiger partial charge is 0.475 e. The summed E-state index contributed by atoms with van der Waals surface area (Å²) in [4.78, 5) is 10.6. The van der Waals surface area contributed by atoms with Crippen molar-refractivity contribution in [2.45, 2.75) is 25.4 Å². The summed E-state index contributed by atoms with van der Waals surface area (Å²) in [6.07, 6.45) is 2.21. The van der Waals surface area contributed by atoms with Crippen LogP contribution in [0.25, 0.3) is 0 Å². The molecule has 1 atom stereocenters. The van der Waals surface area contributed by atoms with Gasteiger partial charge in [-0.1, -0.05) is 0 Å². The van der Waals surface area contributed by atoms with Crippen LogP contribution in [0.5, 0.6) is 0 Å². The van der Waals surface area contributed by atoms with Crippen LogP contribution in [-0.2, 0) is 0 Å². The molecule has 1 aliphatic rings. The monoisotopic (exact) mass is 256 g/mol. The molecule has 1 aromatic heterocycles. The Hall–Kier alpha value is -0.940. The van der Waals surface area contributed by atoms with Gasteiger partial charge in [-0.15, -0.1) is 0 Å². The van der Waals surface area contributed by atoms with Crippen molar-refractivity contribution in [3.05, 3.63) is 23.7 Å². The van der Waals surface area contributed by atoms with Crippen molar-refractivity contribution in [2.24, 2.45) is 5.92 Å². The molecule has 1 aromatic rings. The molecular formula is C12H16O4S. The smallest absolute Gasteiger partial charge is 0.371 e. The van der Waals surface area contributed by atoms with Crippen LogP contribution in [0.2, 0.25) is 0 Å². The minimum atomic E-state index is -1.10. The summed E-state index contributed by atoms with van der Waals surface area (Å²) < 4.78 is 5.09. The molecule has 0 spiro atoms. The number of furan rings is 1. The van der Waals surface area contributed by atoms with Gasteiger partial charge in [0, 0.05) is 0 Å². The fourth-order valence-electron chi connectivity index (χ4n) is 2.06. The van der Waals surface area contributed by atoms with E-state index in [1.807, 2.05) is 11.8 Å². The Labute approximate surface area is 104 Å². The first-order valence-corrected chi connectivity index (χ1v) is 6.91. The summed E-state index contributed by atoms with van der Waals surface area (Å²) in [5, 5.41) is 18.7. The van der Waals surface area contributed by atoms with Gasteiger partial charge in [-0.3, -0.25) is 0 Å². The van der Waals surface area contributed by atoms with E-state index in [1.54, 1.807) is 6.07 Å². The normalized spacial score (nSPS) is 19.1. The predicted molar refractivity (Wildman–Crippen MR) is 65.3 cm³/mol. The van der Waals surface area contributed by atoms with Gasteiger partial charge in [0.1, 0.15) is 11.9 Å². The quantitative estimate of drug-likeness (QED) is 0.866. The van der Waals surface area contributed by atoms with Gasteiger partial charge in [-0.05, 0) is 48.8 Å². The highest BCUT2D eigenvalue weighted by molar-refractivity contribution is 7.99. The number of carboxylic acids is 1. The summed E-state index contributed by atoms with van der Waals surface area (Å²) in [5.74, 6) is 1.97. The minimum absolute atomic E-state index is 0.113. The predicted octanol–water partition coefficient (Wildman–Crippen LogP) is 2.54. The third kappa shape index (κ3) is 3.26. The number of aliphatic hydroxyl groups excluding tert-OH is 1. The maximum Gasteiger partial charge on any atom is 0.371 e. The summed E-state index contributed by atoms with van der Waals surface area (Å²) in [7, 11) is 0. The van der Waals surface area contributed by atoms with Crippen molar-refractivity contribution < 1.29 is 19.4 Å². The molecule has 1 fully saturated rings.